The Morgan fingerprint density at radius 3 is 2.45 bits per heavy atom. The van der Waals surface area contributed by atoms with Crippen molar-refractivity contribution in [2.24, 2.45) is 5.73 Å². The van der Waals surface area contributed by atoms with E-state index < -0.39 is 6.04 Å². The monoisotopic (exact) mass is 275 g/mol. The number of carbonyl (C=O) groups excluding carboxylic acids is 2. The Kier molecular flexibility index (Phi) is 5.12. The summed E-state index contributed by atoms with van der Waals surface area (Å²) in [5, 5.41) is 2.74. The molecule has 1 aromatic rings. The molecular formula is C15H21N3O2. The van der Waals surface area contributed by atoms with Crippen LogP contribution >= 0.6 is 0 Å². The van der Waals surface area contributed by atoms with Crippen LogP contribution in [-0.2, 0) is 16.0 Å². The fourth-order valence-electron chi connectivity index (χ4n) is 2.46. The minimum atomic E-state index is -0.522. The van der Waals surface area contributed by atoms with Gasteiger partial charge in [-0.05, 0) is 18.4 Å². The van der Waals surface area contributed by atoms with Gasteiger partial charge in [-0.2, -0.15) is 0 Å². The summed E-state index contributed by atoms with van der Waals surface area (Å²) < 4.78 is 0. The zero-order chi connectivity index (χ0) is 14.4. The number of amides is 2. The second-order valence-electron chi connectivity index (χ2n) is 5.05. The van der Waals surface area contributed by atoms with Crippen molar-refractivity contribution in [3.63, 3.8) is 0 Å². The molecule has 1 aliphatic rings. The maximum atomic E-state index is 12.5. The van der Waals surface area contributed by atoms with Gasteiger partial charge < -0.3 is 16.0 Å². The number of nitrogens with two attached hydrogens (primary N) is 1. The first-order valence-corrected chi connectivity index (χ1v) is 7.03. The second kappa shape index (κ2) is 7.05. The molecule has 0 aromatic heterocycles. The van der Waals surface area contributed by atoms with Crippen LogP contribution in [0.5, 0.6) is 0 Å². The number of rotatable bonds is 5. The lowest BCUT2D eigenvalue weighted by Crippen LogP contribution is -2.50. The van der Waals surface area contributed by atoms with E-state index >= 15 is 0 Å². The van der Waals surface area contributed by atoms with Crippen LogP contribution < -0.4 is 11.1 Å². The number of hydrogen-bond donors (Lipinski definition) is 2. The van der Waals surface area contributed by atoms with Crippen molar-refractivity contribution >= 4 is 11.8 Å². The highest BCUT2D eigenvalue weighted by Crippen LogP contribution is 2.12. The fraction of sp³-hybridized carbons (Fsp3) is 0.467. The summed E-state index contributed by atoms with van der Waals surface area (Å²) in [6, 6.07) is 9.18. The number of nitrogens with one attached hydrogen (secondary N) is 1. The first kappa shape index (κ1) is 14.5. The van der Waals surface area contributed by atoms with Crippen LogP contribution in [0.1, 0.15) is 18.4 Å². The number of benzene rings is 1. The highest BCUT2D eigenvalue weighted by Gasteiger charge is 2.27. The zero-order valence-corrected chi connectivity index (χ0v) is 11.5. The van der Waals surface area contributed by atoms with Crippen molar-refractivity contribution < 1.29 is 9.59 Å². The van der Waals surface area contributed by atoms with E-state index in [1.807, 2.05) is 35.2 Å². The first-order chi connectivity index (χ1) is 9.70. The van der Waals surface area contributed by atoms with Gasteiger partial charge in [-0.1, -0.05) is 30.3 Å². The quantitative estimate of drug-likeness (QED) is 0.811. The van der Waals surface area contributed by atoms with Gasteiger partial charge in [-0.25, -0.2) is 0 Å². The lowest BCUT2D eigenvalue weighted by atomic mass is 10.0. The third-order valence-electron chi connectivity index (χ3n) is 3.52. The first-order valence-electron chi connectivity index (χ1n) is 7.03. The predicted molar refractivity (Wildman–Crippen MR) is 76.9 cm³/mol. The Labute approximate surface area is 119 Å². The molecule has 3 N–H and O–H groups in total. The topological polar surface area (TPSA) is 75.4 Å². The Balaban J connectivity index is 2.07. The fourth-order valence-corrected chi connectivity index (χ4v) is 2.46. The average molecular weight is 275 g/mol. The molecule has 0 saturated carbocycles. The molecule has 0 radical (unpaired) electrons. The predicted octanol–water partition coefficient (Wildman–Crippen LogP) is 0.295. The zero-order valence-electron chi connectivity index (χ0n) is 11.5. The van der Waals surface area contributed by atoms with E-state index in [9.17, 15) is 9.59 Å². The number of likely N-dealkylation sites (tertiary alicyclic amines) is 1. The molecule has 0 bridgehead atoms. The molecule has 2 amide bonds. The molecule has 5 heteroatoms. The molecule has 1 fully saturated rings. The summed E-state index contributed by atoms with van der Waals surface area (Å²) in [7, 11) is 0. The molecule has 1 aliphatic heterocycles. The van der Waals surface area contributed by atoms with Gasteiger partial charge in [-0.3, -0.25) is 9.59 Å². The average Bonchev–Trinajstić information content (AvgIpc) is 3.01. The smallest absolute Gasteiger partial charge is 0.245 e. The van der Waals surface area contributed by atoms with Crippen LogP contribution in [0.15, 0.2) is 30.3 Å². The molecule has 20 heavy (non-hydrogen) atoms. The summed E-state index contributed by atoms with van der Waals surface area (Å²) in [5.74, 6) is -0.299. The van der Waals surface area contributed by atoms with Crippen LogP contribution in [0.4, 0.5) is 0 Å². The van der Waals surface area contributed by atoms with Crippen molar-refractivity contribution in [2.75, 3.05) is 19.6 Å². The molecule has 1 aromatic carbocycles. The minimum Gasteiger partial charge on any atom is -0.343 e. The highest BCUT2D eigenvalue weighted by atomic mass is 16.2. The highest BCUT2D eigenvalue weighted by molar-refractivity contribution is 5.88. The molecular weight excluding hydrogens is 254 g/mol. The van der Waals surface area contributed by atoms with Crippen molar-refractivity contribution in [3.05, 3.63) is 35.9 Å². The molecule has 1 saturated heterocycles. The standard InChI is InChI=1S/C15H21N3O2/c16-11-14(19)17-13(10-12-6-2-1-3-7-12)15(20)18-8-4-5-9-18/h1-3,6-7,13H,4-5,8-11,16H2,(H,17,19). The van der Waals surface area contributed by atoms with Gasteiger partial charge >= 0.3 is 0 Å². The van der Waals surface area contributed by atoms with Gasteiger partial charge in [0.05, 0.1) is 6.54 Å². The van der Waals surface area contributed by atoms with Crippen LogP contribution in [0.2, 0.25) is 0 Å². The van der Waals surface area contributed by atoms with E-state index in [0.717, 1.165) is 31.5 Å². The third-order valence-corrected chi connectivity index (χ3v) is 3.52. The number of nitrogens with zero attached hydrogens (tertiary/aromatic N) is 1. The molecule has 2 rings (SSSR count). The normalized spacial score (nSPS) is 15.9. The maximum Gasteiger partial charge on any atom is 0.245 e. The molecule has 0 spiro atoms. The Hall–Kier alpha value is -1.88. The molecule has 108 valence electrons. The van der Waals surface area contributed by atoms with E-state index in [1.165, 1.54) is 0 Å². The molecule has 1 heterocycles. The molecule has 5 nitrogen and oxygen atoms in total. The minimum absolute atomic E-state index is 0.00634. The molecule has 1 unspecified atom stereocenters. The Morgan fingerprint density at radius 2 is 1.85 bits per heavy atom. The Bertz CT molecular complexity index is 455. The van der Waals surface area contributed by atoms with Crippen molar-refractivity contribution in [1.29, 1.82) is 0 Å². The van der Waals surface area contributed by atoms with Gasteiger partial charge in [0.1, 0.15) is 6.04 Å². The lowest BCUT2D eigenvalue weighted by molar-refractivity contribution is -0.135. The SMILES string of the molecule is NCC(=O)NC(Cc1ccccc1)C(=O)N1CCCC1. The van der Waals surface area contributed by atoms with E-state index in [0.29, 0.717) is 6.42 Å². The van der Waals surface area contributed by atoms with E-state index in [1.54, 1.807) is 0 Å². The third kappa shape index (κ3) is 3.81. The number of carbonyl (C=O) groups is 2. The van der Waals surface area contributed by atoms with E-state index in [-0.39, 0.29) is 18.4 Å². The van der Waals surface area contributed by atoms with Gasteiger partial charge in [-0.15, -0.1) is 0 Å². The van der Waals surface area contributed by atoms with Crippen LogP contribution in [-0.4, -0.2) is 42.4 Å². The van der Waals surface area contributed by atoms with Gasteiger partial charge in [0.15, 0.2) is 0 Å². The summed E-state index contributed by atoms with van der Waals surface area (Å²) in [6.07, 6.45) is 2.57. The van der Waals surface area contributed by atoms with Gasteiger partial charge in [0, 0.05) is 19.5 Å². The molecule has 0 aliphatic carbocycles. The summed E-state index contributed by atoms with van der Waals surface area (Å²) in [6.45, 7) is 1.46. The number of hydrogen-bond acceptors (Lipinski definition) is 3. The Morgan fingerprint density at radius 1 is 1.20 bits per heavy atom. The van der Waals surface area contributed by atoms with E-state index in [2.05, 4.69) is 5.32 Å². The van der Waals surface area contributed by atoms with Gasteiger partial charge in [0.2, 0.25) is 11.8 Å². The van der Waals surface area contributed by atoms with E-state index in [4.69, 9.17) is 5.73 Å². The molecule has 1 atom stereocenters. The van der Waals surface area contributed by atoms with Gasteiger partial charge in [0.25, 0.3) is 0 Å². The van der Waals surface area contributed by atoms with Crippen LogP contribution in [0.25, 0.3) is 0 Å². The summed E-state index contributed by atoms with van der Waals surface area (Å²) >= 11 is 0. The van der Waals surface area contributed by atoms with Crippen molar-refractivity contribution in [2.45, 2.75) is 25.3 Å². The lowest BCUT2D eigenvalue weighted by Gasteiger charge is -2.24. The van der Waals surface area contributed by atoms with Crippen LogP contribution in [0, 0.1) is 0 Å². The van der Waals surface area contributed by atoms with Crippen molar-refractivity contribution in [1.82, 2.24) is 10.2 Å². The van der Waals surface area contributed by atoms with Crippen molar-refractivity contribution in [3.8, 4) is 0 Å². The summed E-state index contributed by atoms with van der Waals surface area (Å²) in [4.78, 5) is 25.8. The largest absolute Gasteiger partial charge is 0.343 e. The van der Waals surface area contributed by atoms with Crippen LogP contribution in [0.3, 0.4) is 0 Å². The second-order valence-corrected chi connectivity index (χ2v) is 5.05. The summed E-state index contributed by atoms with van der Waals surface area (Å²) in [5.41, 5.74) is 6.36. The maximum absolute atomic E-state index is 12.5.